The number of hydrogen-bond acceptors (Lipinski definition) is 4. The number of carboxylic acid groups (broad SMARTS) is 1. The number of nitrogens with zero attached hydrogens (tertiary/aromatic N) is 1. The third-order valence-electron chi connectivity index (χ3n) is 2.11. The van der Waals surface area contributed by atoms with Crippen molar-refractivity contribution in [3.63, 3.8) is 0 Å². The van der Waals surface area contributed by atoms with Crippen LogP contribution in [-0.2, 0) is 4.79 Å². The summed E-state index contributed by atoms with van der Waals surface area (Å²) in [6.45, 7) is 3.14. The van der Waals surface area contributed by atoms with Gasteiger partial charge < -0.3 is 16.2 Å². The molecule has 16 heavy (non-hydrogen) atoms. The number of pyridine rings is 1. The first-order valence-electron chi connectivity index (χ1n) is 4.60. The summed E-state index contributed by atoms with van der Waals surface area (Å²) in [7, 11) is 0. The van der Waals surface area contributed by atoms with Crippen LogP contribution in [0.25, 0.3) is 0 Å². The summed E-state index contributed by atoms with van der Waals surface area (Å²) in [4.78, 5) is 25.7. The molecule has 4 N–H and O–H groups in total. The molecule has 1 aromatic rings. The lowest BCUT2D eigenvalue weighted by molar-refractivity contribution is -0.121. The second kappa shape index (κ2) is 4.18. The Morgan fingerprint density at radius 2 is 2.12 bits per heavy atom. The molecule has 0 atom stereocenters. The van der Waals surface area contributed by atoms with Crippen molar-refractivity contribution in [2.75, 3.05) is 5.32 Å². The number of carbonyl (C=O) groups excluding carboxylic acids is 1. The van der Waals surface area contributed by atoms with Gasteiger partial charge in [-0.15, -0.1) is 0 Å². The number of amides is 1. The van der Waals surface area contributed by atoms with E-state index in [9.17, 15) is 9.59 Å². The molecule has 0 spiro atoms. The first kappa shape index (κ1) is 12.0. The fraction of sp³-hybridized carbons (Fsp3) is 0.300. The summed E-state index contributed by atoms with van der Waals surface area (Å²) in [5.41, 5.74) is 4.47. The molecule has 6 heteroatoms. The normalized spacial score (nSPS) is 10.9. The molecule has 0 unspecified atom stereocenters. The van der Waals surface area contributed by atoms with E-state index in [0.717, 1.165) is 0 Å². The number of aromatic carboxylic acids is 1. The number of anilines is 1. The molecule has 6 nitrogen and oxygen atoms in total. The number of primary amides is 1. The van der Waals surface area contributed by atoms with Crippen molar-refractivity contribution in [3.8, 4) is 0 Å². The van der Waals surface area contributed by atoms with Crippen LogP contribution in [0.2, 0.25) is 0 Å². The molecular formula is C10H13N3O3. The summed E-state index contributed by atoms with van der Waals surface area (Å²) >= 11 is 0. The molecule has 1 aromatic heterocycles. The van der Waals surface area contributed by atoms with Gasteiger partial charge in [-0.2, -0.15) is 0 Å². The Morgan fingerprint density at radius 3 is 2.62 bits per heavy atom. The molecule has 1 rings (SSSR count). The van der Waals surface area contributed by atoms with Crippen molar-refractivity contribution in [1.29, 1.82) is 0 Å². The maximum absolute atomic E-state index is 11.1. The van der Waals surface area contributed by atoms with Crippen molar-refractivity contribution in [2.45, 2.75) is 19.4 Å². The number of carbonyl (C=O) groups is 2. The van der Waals surface area contributed by atoms with E-state index < -0.39 is 17.4 Å². The van der Waals surface area contributed by atoms with Gasteiger partial charge in [0.15, 0.2) is 0 Å². The van der Waals surface area contributed by atoms with Crippen LogP contribution in [0.5, 0.6) is 0 Å². The van der Waals surface area contributed by atoms with E-state index in [2.05, 4.69) is 10.3 Å². The lowest BCUT2D eigenvalue weighted by Crippen LogP contribution is -2.45. The van der Waals surface area contributed by atoms with Gasteiger partial charge >= 0.3 is 5.97 Å². The highest BCUT2D eigenvalue weighted by Crippen LogP contribution is 2.18. The van der Waals surface area contributed by atoms with Gasteiger partial charge in [-0.25, -0.2) is 4.79 Å². The van der Waals surface area contributed by atoms with Crippen LogP contribution < -0.4 is 11.1 Å². The van der Waals surface area contributed by atoms with Crippen LogP contribution in [0.15, 0.2) is 18.5 Å². The zero-order valence-electron chi connectivity index (χ0n) is 9.02. The summed E-state index contributed by atoms with van der Waals surface area (Å²) in [6, 6.07) is 1.48. The quantitative estimate of drug-likeness (QED) is 0.687. The van der Waals surface area contributed by atoms with Crippen molar-refractivity contribution in [1.82, 2.24) is 4.98 Å². The number of aromatic nitrogens is 1. The van der Waals surface area contributed by atoms with Gasteiger partial charge in [-0.3, -0.25) is 9.78 Å². The van der Waals surface area contributed by atoms with E-state index in [1.807, 2.05) is 0 Å². The summed E-state index contributed by atoms with van der Waals surface area (Å²) in [5.74, 6) is -1.68. The summed E-state index contributed by atoms with van der Waals surface area (Å²) in [6.07, 6.45) is 2.65. The Hall–Kier alpha value is -2.11. The number of hydrogen-bond donors (Lipinski definition) is 3. The average molecular weight is 223 g/mol. The molecule has 0 aromatic carbocycles. The van der Waals surface area contributed by atoms with Gasteiger partial charge in [-0.05, 0) is 19.9 Å². The molecule has 0 aliphatic carbocycles. The van der Waals surface area contributed by atoms with Crippen molar-refractivity contribution >= 4 is 17.6 Å². The van der Waals surface area contributed by atoms with Crippen molar-refractivity contribution < 1.29 is 14.7 Å². The van der Waals surface area contributed by atoms with E-state index in [1.165, 1.54) is 18.5 Å². The van der Waals surface area contributed by atoms with Crippen LogP contribution in [0.1, 0.15) is 24.2 Å². The maximum Gasteiger partial charge on any atom is 0.339 e. The second-order valence-corrected chi connectivity index (χ2v) is 3.84. The highest BCUT2D eigenvalue weighted by Gasteiger charge is 2.26. The van der Waals surface area contributed by atoms with Gasteiger partial charge in [0.1, 0.15) is 11.1 Å². The van der Waals surface area contributed by atoms with E-state index in [4.69, 9.17) is 10.8 Å². The molecule has 0 aliphatic rings. The van der Waals surface area contributed by atoms with Crippen LogP contribution in [0.3, 0.4) is 0 Å². The highest BCUT2D eigenvalue weighted by molar-refractivity contribution is 5.95. The lowest BCUT2D eigenvalue weighted by Gasteiger charge is -2.24. The SMILES string of the molecule is CC(C)(Nc1ccncc1C(=O)O)C(N)=O. The fourth-order valence-corrected chi connectivity index (χ4v) is 1.07. The monoisotopic (exact) mass is 223 g/mol. The summed E-state index contributed by atoms with van der Waals surface area (Å²) < 4.78 is 0. The molecule has 0 saturated carbocycles. The second-order valence-electron chi connectivity index (χ2n) is 3.84. The first-order chi connectivity index (χ1) is 7.34. The Kier molecular flexibility index (Phi) is 3.12. The Bertz CT molecular complexity index is 429. The van der Waals surface area contributed by atoms with Crippen LogP contribution in [0.4, 0.5) is 5.69 Å². The predicted molar refractivity (Wildman–Crippen MR) is 58.1 cm³/mol. The third kappa shape index (κ3) is 2.47. The topological polar surface area (TPSA) is 105 Å². The molecule has 0 fully saturated rings. The van der Waals surface area contributed by atoms with Crippen LogP contribution in [0, 0.1) is 0 Å². The number of rotatable bonds is 4. The van der Waals surface area contributed by atoms with Crippen LogP contribution >= 0.6 is 0 Å². The Morgan fingerprint density at radius 1 is 1.50 bits per heavy atom. The molecule has 0 aliphatic heterocycles. The standard InChI is InChI=1S/C10H13N3O3/c1-10(2,9(11)16)13-7-3-4-12-5-6(7)8(14)15/h3-5H,1-2H3,(H2,11,16)(H,12,13)(H,14,15). The third-order valence-corrected chi connectivity index (χ3v) is 2.11. The largest absolute Gasteiger partial charge is 0.478 e. The molecule has 0 radical (unpaired) electrons. The number of nitrogens with two attached hydrogens (primary N) is 1. The zero-order valence-corrected chi connectivity index (χ0v) is 9.02. The molecular weight excluding hydrogens is 210 g/mol. The van der Waals surface area contributed by atoms with Gasteiger partial charge in [0.2, 0.25) is 5.91 Å². The average Bonchev–Trinajstić information content (AvgIpc) is 2.17. The first-order valence-corrected chi connectivity index (χ1v) is 4.60. The van der Waals surface area contributed by atoms with Crippen LogP contribution in [-0.4, -0.2) is 27.5 Å². The maximum atomic E-state index is 11.1. The molecule has 1 heterocycles. The van der Waals surface area contributed by atoms with Gasteiger partial charge in [0.25, 0.3) is 0 Å². The van der Waals surface area contributed by atoms with Gasteiger partial charge in [-0.1, -0.05) is 0 Å². The zero-order chi connectivity index (χ0) is 12.3. The Labute approximate surface area is 92.5 Å². The van der Waals surface area contributed by atoms with Crippen molar-refractivity contribution in [2.24, 2.45) is 5.73 Å². The number of carboxylic acids is 1. The van der Waals surface area contributed by atoms with E-state index in [1.54, 1.807) is 13.8 Å². The molecule has 1 amide bonds. The van der Waals surface area contributed by atoms with Crippen molar-refractivity contribution in [3.05, 3.63) is 24.0 Å². The fourth-order valence-electron chi connectivity index (χ4n) is 1.07. The lowest BCUT2D eigenvalue weighted by atomic mass is 10.0. The highest BCUT2D eigenvalue weighted by atomic mass is 16.4. The smallest absolute Gasteiger partial charge is 0.339 e. The summed E-state index contributed by atoms with van der Waals surface area (Å²) in [5, 5.41) is 11.7. The predicted octanol–water partition coefficient (Wildman–Crippen LogP) is 0.456. The van der Waals surface area contributed by atoms with E-state index in [0.29, 0.717) is 5.69 Å². The number of nitrogens with one attached hydrogen (secondary N) is 1. The minimum atomic E-state index is -1.11. The molecule has 0 saturated heterocycles. The minimum absolute atomic E-state index is 0.00294. The molecule has 86 valence electrons. The van der Waals surface area contributed by atoms with E-state index >= 15 is 0 Å². The van der Waals surface area contributed by atoms with Gasteiger partial charge in [0.05, 0.1) is 5.69 Å². The van der Waals surface area contributed by atoms with E-state index in [-0.39, 0.29) is 5.56 Å². The Balaban J connectivity index is 3.06. The minimum Gasteiger partial charge on any atom is -0.478 e. The van der Waals surface area contributed by atoms with Gasteiger partial charge in [0, 0.05) is 12.4 Å². The molecule has 0 bridgehead atoms.